The molecule has 0 aliphatic carbocycles. The maximum atomic E-state index is 5.26. The van der Waals surface area contributed by atoms with E-state index < -0.39 is 0 Å². The van der Waals surface area contributed by atoms with Gasteiger partial charge in [0.1, 0.15) is 0 Å². The van der Waals surface area contributed by atoms with E-state index in [4.69, 9.17) is 4.74 Å². The third-order valence-electron chi connectivity index (χ3n) is 2.55. The number of methoxy groups -OCH3 is 1. The number of rotatable bonds is 4. The van der Waals surface area contributed by atoms with E-state index in [1.54, 1.807) is 13.3 Å². The van der Waals surface area contributed by atoms with Crippen LogP contribution in [0.15, 0.2) is 42.6 Å². The van der Waals surface area contributed by atoms with Crippen LogP contribution < -0.4 is 10.1 Å². The van der Waals surface area contributed by atoms with Crippen molar-refractivity contribution in [3.8, 4) is 5.75 Å². The number of aromatic nitrogens is 1. The van der Waals surface area contributed by atoms with Crippen molar-refractivity contribution in [3.63, 3.8) is 0 Å². The first-order chi connectivity index (χ1) is 8.29. The van der Waals surface area contributed by atoms with Crippen molar-refractivity contribution in [2.24, 2.45) is 0 Å². The number of pyridine rings is 1. The molecule has 2 aromatic rings. The average Bonchev–Trinajstić information content (AvgIpc) is 2.38. The molecule has 0 atom stereocenters. The second kappa shape index (κ2) is 5.34. The number of hydrogen-bond acceptors (Lipinski definition) is 3. The largest absolute Gasteiger partial charge is 0.493 e. The van der Waals surface area contributed by atoms with Crippen LogP contribution in [0.3, 0.4) is 0 Å². The Bertz CT molecular complexity index is 483. The van der Waals surface area contributed by atoms with Gasteiger partial charge in [0.25, 0.3) is 0 Å². The fourth-order valence-corrected chi connectivity index (χ4v) is 1.64. The van der Waals surface area contributed by atoms with Crippen LogP contribution in [0.1, 0.15) is 11.3 Å². The second-order valence-electron chi connectivity index (χ2n) is 3.87. The normalized spacial score (nSPS) is 10.0. The third-order valence-corrected chi connectivity index (χ3v) is 2.55. The number of nitrogens with zero attached hydrogens (tertiary/aromatic N) is 1. The molecule has 17 heavy (non-hydrogen) atoms. The summed E-state index contributed by atoms with van der Waals surface area (Å²) in [5, 5.41) is 3.36. The number of hydrogen-bond donors (Lipinski definition) is 1. The predicted octanol–water partition coefficient (Wildman–Crippen LogP) is 3.01. The van der Waals surface area contributed by atoms with E-state index in [1.807, 2.05) is 31.2 Å². The highest BCUT2D eigenvalue weighted by molar-refractivity contribution is 5.56. The molecule has 88 valence electrons. The summed E-state index contributed by atoms with van der Waals surface area (Å²) >= 11 is 0. The molecule has 3 nitrogen and oxygen atoms in total. The lowest BCUT2D eigenvalue weighted by molar-refractivity contribution is 0.414. The zero-order valence-electron chi connectivity index (χ0n) is 10.1. The maximum Gasteiger partial charge on any atom is 0.160 e. The summed E-state index contributed by atoms with van der Waals surface area (Å²) in [6.45, 7) is 2.74. The van der Waals surface area contributed by atoms with Gasteiger partial charge in [-0.2, -0.15) is 0 Å². The second-order valence-corrected chi connectivity index (χ2v) is 3.87. The molecule has 0 saturated heterocycles. The van der Waals surface area contributed by atoms with Crippen LogP contribution in [0.4, 0.5) is 5.69 Å². The van der Waals surface area contributed by atoms with Crippen LogP contribution in [0.2, 0.25) is 0 Å². The Morgan fingerprint density at radius 3 is 2.71 bits per heavy atom. The summed E-state index contributed by atoms with van der Waals surface area (Å²) in [7, 11) is 1.65. The van der Waals surface area contributed by atoms with Gasteiger partial charge in [0.15, 0.2) is 5.75 Å². The van der Waals surface area contributed by atoms with Crippen molar-refractivity contribution < 1.29 is 4.74 Å². The number of nitrogens with one attached hydrogen (secondary N) is 1. The predicted molar refractivity (Wildman–Crippen MR) is 69.3 cm³/mol. The molecule has 0 bridgehead atoms. The first-order valence-corrected chi connectivity index (χ1v) is 5.58. The van der Waals surface area contributed by atoms with E-state index in [1.165, 1.54) is 5.56 Å². The van der Waals surface area contributed by atoms with Gasteiger partial charge in [-0.05, 0) is 18.6 Å². The van der Waals surface area contributed by atoms with E-state index >= 15 is 0 Å². The van der Waals surface area contributed by atoms with E-state index in [9.17, 15) is 0 Å². The standard InChI is InChI=1S/C14H16N2O/c1-11-8-13(14(17-2)10-15-11)16-9-12-6-4-3-5-7-12/h3-8,10H,9H2,1-2H3,(H,15,16). The van der Waals surface area contributed by atoms with Gasteiger partial charge >= 0.3 is 0 Å². The lowest BCUT2D eigenvalue weighted by Gasteiger charge is -2.11. The molecule has 1 heterocycles. The molecule has 0 amide bonds. The topological polar surface area (TPSA) is 34.1 Å². The Kier molecular flexibility index (Phi) is 3.60. The lowest BCUT2D eigenvalue weighted by Crippen LogP contribution is -2.02. The molecule has 3 heteroatoms. The van der Waals surface area contributed by atoms with Gasteiger partial charge in [-0.15, -0.1) is 0 Å². The summed E-state index contributed by atoms with van der Waals surface area (Å²) in [5.41, 5.74) is 3.19. The molecule has 2 rings (SSSR count). The zero-order valence-corrected chi connectivity index (χ0v) is 10.1. The molecule has 0 spiro atoms. The molecular weight excluding hydrogens is 212 g/mol. The van der Waals surface area contributed by atoms with Gasteiger partial charge in [0.05, 0.1) is 19.0 Å². The first-order valence-electron chi connectivity index (χ1n) is 5.58. The zero-order chi connectivity index (χ0) is 12.1. The molecule has 1 N–H and O–H groups in total. The highest BCUT2D eigenvalue weighted by Gasteiger charge is 2.03. The summed E-state index contributed by atoms with van der Waals surface area (Å²) < 4.78 is 5.26. The Balaban J connectivity index is 2.11. The van der Waals surface area contributed by atoms with Gasteiger partial charge in [0.2, 0.25) is 0 Å². The van der Waals surface area contributed by atoms with E-state index in [2.05, 4.69) is 22.4 Å². The maximum absolute atomic E-state index is 5.26. The van der Waals surface area contributed by atoms with Crippen molar-refractivity contribution in [1.29, 1.82) is 0 Å². The molecular formula is C14H16N2O. The van der Waals surface area contributed by atoms with Crippen LogP contribution in [-0.2, 0) is 6.54 Å². The van der Waals surface area contributed by atoms with Crippen molar-refractivity contribution >= 4 is 5.69 Å². The number of anilines is 1. The van der Waals surface area contributed by atoms with Gasteiger partial charge in [-0.3, -0.25) is 4.98 Å². The Hall–Kier alpha value is -2.03. The van der Waals surface area contributed by atoms with Crippen molar-refractivity contribution in [1.82, 2.24) is 4.98 Å². The van der Waals surface area contributed by atoms with Crippen molar-refractivity contribution in [2.75, 3.05) is 12.4 Å². The highest BCUT2D eigenvalue weighted by atomic mass is 16.5. The van der Waals surface area contributed by atoms with Crippen LogP contribution in [-0.4, -0.2) is 12.1 Å². The number of aryl methyl sites for hydroxylation is 1. The van der Waals surface area contributed by atoms with Crippen LogP contribution >= 0.6 is 0 Å². The third kappa shape index (κ3) is 2.97. The van der Waals surface area contributed by atoms with E-state index in [-0.39, 0.29) is 0 Å². The molecule has 1 aromatic carbocycles. The Morgan fingerprint density at radius 1 is 1.24 bits per heavy atom. The molecule has 0 fully saturated rings. The summed E-state index contributed by atoms with van der Waals surface area (Å²) in [5.74, 6) is 0.770. The Morgan fingerprint density at radius 2 is 2.00 bits per heavy atom. The van der Waals surface area contributed by atoms with E-state index in [0.29, 0.717) is 0 Å². The molecule has 0 unspecified atom stereocenters. The molecule has 0 aliphatic heterocycles. The quantitative estimate of drug-likeness (QED) is 0.873. The number of ether oxygens (including phenoxy) is 1. The molecule has 0 saturated carbocycles. The SMILES string of the molecule is COc1cnc(C)cc1NCc1ccccc1. The van der Waals surface area contributed by atoms with Crippen LogP contribution in [0.5, 0.6) is 5.75 Å². The molecule has 1 aromatic heterocycles. The Labute approximate surface area is 101 Å². The van der Waals surface area contributed by atoms with Crippen LogP contribution in [0, 0.1) is 6.92 Å². The fourth-order valence-electron chi connectivity index (χ4n) is 1.64. The van der Waals surface area contributed by atoms with Gasteiger partial charge in [0, 0.05) is 12.2 Å². The summed E-state index contributed by atoms with van der Waals surface area (Å²) in [6.07, 6.45) is 1.74. The monoisotopic (exact) mass is 228 g/mol. The minimum Gasteiger partial charge on any atom is -0.493 e. The van der Waals surface area contributed by atoms with Gasteiger partial charge in [-0.1, -0.05) is 30.3 Å². The van der Waals surface area contributed by atoms with Gasteiger partial charge < -0.3 is 10.1 Å². The minimum absolute atomic E-state index is 0.770. The average molecular weight is 228 g/mol. The fraction of sp³-hybridized carbons (Fsp3) is 0.214. The molecule has 0 aliphatic rings. The van der Waals surface area contributed by atoms with Crippen molar-refractivity contribution in [3.05, 3.63) is 53.9 Å². The molecule has 0 radical (unpaired) electrons. The lowest BCUT2D eigenvalue weighted by atomic mass is 10.2. The summed E-state index contributed by atoms with van der Waals surface area (Å²) in [6, 6.07) is 12.3. The van der Waals surface area contributed by atoms with Crippen molar-refractivity contribution in [2.45, 2.75) is 13.5 Å². The minimum atomic E-state index is 0.770. The smallest absolute Gasteiger partial charge is 0.160 e. The summed E-state index contributed by atoms with van der Waals surface area (Å²) in [4.78, 5) is 4.20. The van der Waals surface area contributed by atoms with Crippen LogP contribution in [0.25, 0.3) is 0 Å². The first kappa shape index (κ1) is 11.5. The number of benzene rings is 1. The van der Waals surface area contributed by atoms with E-state index in [0.717, 1.165) is 23.7 Å². The highest BCUT2D eigenvalue weighted by Crippen LogP contribution is 2.23. The van der Waals surface area contributed by atoms with Gasteiger partial charge in [-0.25, -0.2) is 0 Å².